The number of hydrogen-bond acceptors (Lipinski definition) is 2. The minimum atomic E-state index is -0.435. The molecule has 2 N–H and O–H groups in total. The number of carbonyl (C=O) groups excluding carboxylic acids is 2. The zero-order chi connectivity index (χ0) is 16.3. The van der Waals surface area contributed by atoms with Crippen molar-refractivity contribution in [2.24, 2.45) is 17.3 Å². The SMILES string of the molecule is C[C@H](NC(=O)C1CCC1)C(=O)N[C@@H]1CCCC[C@H]1C(C)(C)C. The molecule has 4 nitrogen and oxygen atoms in total. The fourth-order valence-electron chi connectivity index (χ4n) is 3.72. The van der Waals surface area contributed by atoms with Gasteiger partial charge in [-0.2, -0.15) is 0 Å². The Kier molecular flexibility index (Phi) is 5.51. The maximum atomic E-state index is 12.4. The van der Waals surface area contributed by atoms with E-state index in [4.69, 9.17) is 0 Å². The number of amides is 2. The van der Waals surface area contributed by atoms with E-state index >= 15 is 0 Å². The second kappa shape index (κ2) is 7.01. The van der Waals surface area contributed by atoms with Crippen LogP contribution in [0, 0.1) is 17.3 Å². The van der Waals surface area contributed by atoms with Crippen molar-refractivity contribution in [2.75, 3.05) is 0 Å². The molecule has 0 radical (unpaired) electrons. The number of hydrogen-bond donors (Lipinski definition) is 2. The lowest BCUT2D eigenvalue weighted by molar-refractivity contribution is -0.133. The number of carbonyl (C=O) groups is 2. The van der Waals surface area contributed by atoms with Gasteiger partial charge >= 0.3 is 0 Å². The summed E-state index contributed by atoms with van der Waals surface area (Å²) in [7, 11) is 0. The van der Waals surface area contributed by atoms with Gasteiger partial charge in [-0.05, 0) is 43.9 Å². The van der Waals surface area contributed by atoms with Gasteiger partial charge in [0.2, 0.25) is 11.8 Å². The van der Waals surface area contributed by atoms with Crippen LogP contribution in [0.2, 0.25) is 0 Å². The molecule has 2 aliphatic carbocycles. The number of rotatable bonds is 4. The fraction of sp³-hybridized carbons (Fsp3) is 0.889. The van der Waals surface area contributed by atoms with Gasteiger partial charge in [0, 0.05) is 12.0 Å². The largest absolute Gasteiger partial charge is 0.351 e. The van der Waals surface area contributed by atoms with Crippen LogP contribution in [0.15, 0.2) is 0 Å². The molecule has 0 bridgehead atoms. The van der Waals surface area contributed by atoms with Gasteiger partial charge in [0.05, 0.1) is 0 Å². The molecule has 2 rings (SSSR count). The highest BCUT2D eigenvalue weighted by atomic mass is 16.2. The normalized spacial score (nSPS) is 27.6. The molecule has 2 aliphatic rings. The molecule has 0 aromatic rings. The Labute approximate surface area is 134 Å². The standard InChI is InChI=1S/C18H32N2O2/c1-12(19-17(22)13-8-7-9-13)16(21)20-15-11-6-5-10-14(15)18(2,3)4/h12-15H,5-11H2,1-4H3,(H,19,22)(H,20,21)/t12-,14+,15+/m0/s1. The van der Waals surface area contributed by atoms with Crippen molar-refractivity contribution in [3.8, 4) is 0 Å². The molecule has 0 aromatic carbocycles. The Morgan fingerprint density at radius 3 is 2.18 bits per heavy atom. The van der Waals surface area contributed by atoms with Crippen molar-refractivity contribution in [1.29, 1.82) is 0 Å². The minimum Gasteiger partial charge on any atom is -0.351 e. The van der Waals surface area contributed by atoms with E-state index in [1.807, 2.05) is 0 Å². The average Bonchev–Trinajstić information content (AvgIpc) is 2.35. The van der Waals surface area contributed by atoms with Crippen LogP contribution in [0.1, 0.15) is 72.6 Å². The second-order valence-corrected chi connectivity index (χ2v) is 8.23. The van der Waals surface area contributed by atoms with Crippen LogP contribution in [-0.4, -0.2) is 23.9 Å². The molecule has 22 heavy (non-hydrogen) atoms. The fourth-order valence-corrected chi connectivity index (χ4v) is 3.72. The van der Waals surface area contributed by atoms with E-state index in [0.29, 0.717) is 5.92 Å². The summed E-state index contributed by atoms with van der Waals surface area (Å²) in [5, 5.41) is 6.08. The van der Waals surface area contributed by atoms with E-state index < -0.39 is 6.04 Å². The van der Waals surface area contributed by atoms with Crippen LogP contribution in [0.4, 0.5) is 0 Å². The van der Waals surface area contributed by atoms with Gasteiger partial charge in [0.15, 0.2) is 0 Å². The van der Waals surface area contributed by atoms with Crippen LogP contribution in [0.3, 0.4) is 0 Å². The molecule has 0 unspecified atom stereocenters. The Balaban J connectivity index is 1.87. The molecular weight excluding hydrogens is 276 g/mol. The molecule has 2 saturated carbocycles. The van der Waals surface area contributed by atoms with Crippen molar-refractivity contribution in [3.05, 3.63) is 0 Å². The van der Waals surface area contributed by atoms with Gasteiger partial charge in [-0.25, -0.2) is 0 Å². The predicted octanol–water partition coefficient (Wildman–Crippen LogP) is 3.01. The average molecular weight is 308 g/mol. The van der Waals surface area contributed by atoms with Crippen LogP contribution in [0.5, 0.6) is 0 Å². The first-order chi connectivity index (χ1) is 10.3. The van der Waals surface area contributed by atoms with Crippen molar-refractivity contribution < 1.29 is 9.59 Å². The Morgan fingerprint density at radius 2 is 1.64 bits per heavy atom. The van der Waals surface area contributed by atoms with Gasteiger partial charge < -0.3 is 10.6 Å². The molecule has 0 aliphatic heterocycles. The lowest BCUT2D eigenvalue weighted by atomic mass is 9.69. The van der Waals surface area contributed by atoms with Crippen molar-refractivity contribution in [3.63, 3.8) is 0 Å². The summed E-state index contributed by atoms with van der Waals surface area (Å²) in [6, 6.07) is -0.194. The lowest BCUT2D eigenvalue weighted by Gasteiger charge is -2.41. The molecule has 0 aromatic heterocycles. The summed E-state index contributed by atoms with van der Waals surface area (Å²) in [4.78, 5) is 24.4. The smallest absolute Gasteiger partial charge is 0.242 e. The van der Waals surface area contributed by atoms with Crippen molar-refractivity contribution in [2.45, 2.75) is 84.7 Å². The monoisotopic (exact) mass is 308 g/mol. The highest BCUT2D eigenvalue weighted by Crippen LogP contribution is 2.38. The topological polar surface area (TPSA) is 58.2 Å². The van der Waals surface area contributed by atoms with Crippen molar-refractivity contribution in [1.82, 2.24) is 10.6 Å². The third kappa shape index (κ3) is 4.23. The van der Waals surface area contributed by atoms with Gasteiger partial charge in [0.25, 0.3) is 0 Å². The Hall–Kier alpha value is -1.06. The van der Waals surface area contributed by atoms with Crippen LogP contribution >= 0.6 is 0 Å². The third-order valence-electron chi connectivity index (χ3n) is 5.43. The van der Waals surface area contributed by atoms with E-state index in [1.165, 1.54) is 19.3 Å². The zero-order valence-corrected chi connectivity index (χ0v) is 14.6. The van der Waals surface area contributed by atoms with Crippen LogP contribution < -0.4 is 10.6 Å². The molecule has 3 atom stereocenters. The van der Waals surface area contributed by atoms with Crippen LogP contribution in [0.25, 0.3) is 0 Å². The highest BCUT2D eigenvalue weighted by Gasteiger charge is 2.36. The van der Waals surface area contributed by atoms with Gasteiger partial charge in [-0.15, -0.1) is 0 Å². The van der Waals surface area contributed by atoms with E-state index in [9.17, 15) is 9.59 Å². The molecular formula is C18H32N2O2. The van der Waals surface area contributed by atoms with Gasteiger partial charge in [0.1, 0.15) is 6.04 Å². The predicted molar refractivity (Wildman–Crippen MR) is 88.3 cm³/mol. The zero-order valence-electron chi connectivity index (χ0n) is 14.6. The first kappa shape index (κ1) is 17.3. The van der Waals surface area contributed by atoms with Crippen molar-refractivity contribution >= 4 is 11.8 Å². The van der Waals surface area contributed by atoms with Crippen LogP contribution in [-0.2, 0) is 9.59 Å². The van der Waals surface area contributed by atoms with E-state index in [-0.39, 0.29) is 29.2 Å². The minimum absolute atomic E-state index is 0.0335. The van der Waals surface area contributed by atoms with E-state index in [0.717, 1.165) is 25.7 Å². The van der Waals surface area contributed by atoms with E-state index in [1.54, 1.807) is 6.92 Å². The highest BCUT2D eigenvalue weighted by molar-refractivity contribution is 5.88. The lowest BCUT2D eigenvalue weighted by Crippen LogP contribution is -2.53. The molecule has 4 heteroatoms. The maximum absolute atomic E-state index is 12.4. The summed E-state index contributed by atoms with van der Waals surface area (Å²) in [5.41, 5.74) is 0.205. The quantitative estimate of drug-likeness (QED) is 0.839. The Morgan fingerprint density at radius 1 is 1.00 bits per heavy atom. The van der Waals surface area contributed by atoms with E-state index in [2.05, 4.69) is 31.4 Å². The summed E-state index contributed by atoms with van der Waals surface area (Å²) >= 11 is 0. The molecule has 0 spiro atoms. The molecule has 2 fully saturated rings. The summed E-state index contributed by atoms with van der Waals surface area (Å²) in [5.74, 6) is 0.658. The van der Waals surface area contributed by atoms with Gasteiger partial charge in [-0.1, -0.05) is 40.0 Å². The van der Waals surface area contributed by atoms with Gasteiger partial charge in [-0.3, -0.25) is 9.59 Å². The number of nitrogens with one attached hydrogen (secondary N) is 2. The molecule has 0 heterocycles. The molecule has 126 valence electrons. The summed E-state index contributed by atoms with van der Waals surface area (Å²) in [6.07, 6.45) is 7.73. The first-order valence-corrected chi connectivity index (χ1v) is 8.90. The maximum Gasteiger partial charge on any atom is 0.242 e. The summed E-state index contributed by atoms with van der Waals surface area (Å²) < 4.78 is 0. The third-order valence-corrected chi connectivity index (χ3v) is 5.43. The second-order valence-electron chi connectivity index (χ2n) is 8.23. The Bertz CT molecular complexity index is 410. The molecule has 0 saturated heterocycles. The first-order valence-electron chi connectivity index (χ1n) is 8.90. The molecule has 2 amide bonds. The summed E-state index contributed by atoms with van der Waals surface area (Å²) in [6.45, 7) is 8.55.